The van der Waals surface area contributed by atoms with Gasteiger partial charge in [0.2, 0.25) is 5.95 Å². The van der Waals surface area contributed by atoms with E-state index < -0.39 is 29.6 Å². The molecule has 3 rings (SSSR count). The molecule has 0 saturated carbocycles. The van der Waals surface area contributed by atoms with E-state index in [4.69, 9.17) is 9.47 Å². The van der Waals surface area contributed by atoms with Gasteiger partial charge in [-0.1, -0.05) is 27.7 Å². The van der Waals surface area contributed by atoms with Crippen LogP contribution in [-0.2, 0) is 4.74 Å². The number of fused-ring (bicyclic) bond motifs is 1. The fourth-order valence-corrected chi connectivity index (χ4v) is 3.22. The minimum atomic E-state index is -0.847. The summed E-state index contributed by atoms with van der Waals surface area (Å²) in [6.07, 6.45) is 1.42. The predicted octanol–water partition coefficient (Wildman–Crippen LogP) is 5.21. The summed E-state index contributed by atoms with van der Waals surface area (Å²) in [7, 11) is 1.19. The van der Waals surface area contributed by atoms with Crippen LogP contribution in [0.1, 0.15) is 45.8 Å². The lowest BCUT2D eigenvalue weighted by atomic mass is 9.99. The topological polar surface area (TPSA) is 76.6 Å². The number of cyclic esters (lactones) is 1. The predicted molar refractivity (Wildman–Crippen MR) is 109 cm³/mol. The van der Waals surface area contributed by atoms with Crippen LogP contribution >= 0.6 is 0 Å². The van der Waals surface area contributed by atoms with Crippen LogP contribution in [0.15, 0.2) is 18.3 Å². The molecule has 0 aliphatic carbocycles. The number of nitrogens with one attached hydrogen (secondary N) is 1. The molecule has 30 heavy (non-hydrogen) atoms. The summed E-state index contributed by atoms with van der Waals surface area (Å²) in [4.78, 5) is 22.8. The third-order valence-corrected chi connectivity index (χ3v) is 4.80. The quantitative estimate of drug-likeness (QED) is 0.663. The molecule has 2 aromatic rings. The van der Waals surface area contributed by atoms with Crippen molar-refractivity contribution in [2.45, 2.75) is 40.2 Å². The average molecular weight is 420 g/mol. The Morgan fingerprint density at radius 2 is 1.90 bits per heavy atom. The Kier molecular flexibility index (Phi) is 6.38. The number of hydrogen-bond donors (Lipinski definition) is 1. The van der Waals surface area contributed by atoms with Gasteiger partial charge < -0.3 is 14.8 Å². The highest BCUT2D eigenvalue weighted by atomic mass is 19.1. The number of aromatic nitrogens is 2. The number of benzene rings is 1. The highest BCUT2D eigenvalue weighted by molar-refractivity contribution is 5.89. The van der Waals surface area contributed by atoms with Gasteiger partial charge in [-0.3, -0.25) is 4.90 Å². The summed E-state index contributed by atoms with van der Waals surface area (Å²) in [5, 5.41) is 2.79. The van der Waals surface area contributed by atoms with E-state index in [1.54, 1.807) is 6.20 Å². The molecule has 1 aromatic carbocycles. The first kappa shape index (κ1) is 21.7. The highest BCUT2D eigenvalue weighted by Gasteiger charge is 2.36. The number of amides is 1. The summed E-state index contributed by atoms with van der Waals surface area (Å²) in [5.41, 5.74) is 0.823. The van der Waals surface area contributed by atoms with Crippen LogP contribution in [-0.4, -0.2) is 29.7 Å². The smallest absolute Gasteiger partial charge is 0.416 e. The highest BCUT2D eigenvalue weighted by Crippen LogP contribution is 2.38. The van der Waals surface area contributed by atoms with Gasteiger partial charge in [-0.15, -0.1) is 0 Å². The lowest BCUT2D eigenvalue weighted by Gasteiger charge is -2.34. The molecule has 1 aromatic heterocycles. The summed E-state index contributed by atoms with van der Waals surface area (Å²) >= 11 is 0. The summed E-state index contributed by atoms with van der Waals surface area (Å²) < 4.78 is 38.3. The number of anilines is 3. The number of methoxy groups -OCH3 is 1. The molecule has 162 valence electrons. The molecule has 0 bridgehead atoms. The van der Waals surface area contributed by atoms with E-state index >= 15 is 0 Å². The maximum absolute atomic E-state index is 14.0. The molecular weight excluding hydrogens is 394 g/mol. The van der Waals surface area contributed by atoms with Crippen LogP contribution in [0.25, 0.3) is 0 Å². The Morgan fingerprint density at radius 3 is 2.47 bits per heavy atom. The van der Waals surface area contributed by atoms with E-state index in [-0.39, 0.29) is 17.6 Å². The standard InChI is InChI=1S/C21H26F2N4O3/c1-11(2)6-7-27-19-14(17(12(3)4)30-21(27)28)10-24-20(26-19)25-13-8-15(22)18(29-5)16(23)9-13/h8-12,17H,6-7H2,1-5H3,(H,24,25,26). The molecule has 1 amide bonds. The molecule has 9 heteroatoms. The van der Waals surface area contributed by atoms with Crippen LogP contribution < -0.4 is 15.0 Å². The SMILES string of the molecule is COc1c(F)cc(Nc2ncc3c(n2)N(CCC(C)C)C(=O)OC3C(C)C)cc1F. The van der Waals surface area contributed by atoms with Crippen molar-refractivity contribution < 1.29 is 23.0 Å². The lowest BCUT2D eigenvalue weighted by molar-refractivity contribution is 0.0691. The molecule has 1 unspecified atom stereocenters. The van der Waals surface area contributed by atoms with Gasteiger partial charge in [0.1, 0.15) is 6.10 Å². The number of carbonyl (C=O) groups is 1. The van der Waals surface area contributed by atoms with E-state index in [9.17, 15) is 13.6 Å². The van der Waals surface area contributed by atoms with Gasteiger partial charge in [0.05, 0.1) is 12.7 Å². The molecule has 1 aliphatic heterocycles. The second kappa shape index (κ2) is 8.81. The molecule has 1 atom stereocenters. The van der Waals surface area contributed by atoms with Crippen molar-refractivity contribution >= 4 is 23.5 Å². The number of halogens is 2. The Hall–Kier alpha value is -2.97. The van der Waals surface area contributed by atoms with Gasteiger partial charge in [0, 0.05) is 30.6 Å². The minimum Gasteiger partial charge on any atom is -0.491 e. The first-order valence-corrected chi connectivity index (χ1v) is 9.86. The Bertz CT molecular complexity index is 913. The van der Waals surface area contributed by atoms with Gasteiger partial charge in [-0.25, -0.2) is 18.6 Å². The number of ether oxygens (including phenoxy) is 2. The lowest BCUT2D eigenvalue weighted by Crippen LogP contribution is -2.40. The zero-order chi connectivity index (χ0) is 22.0. The molecular formula is C21H26F2N4O3. The number of hydrogen-bond acceptors (Lipinski definition) is 6. The molecule has 7 nitrogen and oxygen atoms in total. The van der Waals surface area contributed by atoms with Crippen molar-refractivity contribution in [3.05, 3.63) is 35.5 Å². The van der Waals surface area contributed by atoms with Crippen LogP contribution in [0.3, 0.4) is 0 Å². The van der Waals surface area contributed by atoms with Gasteiger partial charge in [-0.05, 0) is 18.3 Å². The normalized spacial score (nSPS) is 16.0. The Labute approximate surface area is 174 Å². The van der Waals surface area contributed by atoms with Gasteiger partial charge >= 0.3 is 6.09 Å². The van der Waals surface area contributed by atoms with Gasteiger partial charge in [0.25, 0.3) is 0 Å². The molecule has 0 fully saturated rings. The molecule has 0 spiro atoms. The Balaban J connectivity index is 1.96. The number of rotatable bonds is 7. The summed E-state index contributed by atoms with van der Waals surface area (Å²) in [6.45, 7) is 8.46. The Morgan fingerprint density at radius 1 is 1.23 bits per heavy atom. The fourth-order valence-electron chi connectivity index (χ4n) is 3.22. The van der Waals surface area contributed by atoms with Crippen molar-refractivity contribution in [2.24, 2.45) is 11.8 Å². The summed E-state index contributed by atoms with van der Waals surface area (Å²) in [5.74, 6) is -1.18. The summed E-state index contributed by atoms with van der Waals surface area (Å²) in [6, 6.07) is 2.18. The largest absolute Gasteiger partial charge is 0.491 e. The van der Waals surface area contributed by atoms with E-state index in [1.807, 2.05) is 13.8 Å². The zero-order valence-electron chi connectivity index (χ0n) is 17.7. The number of carbonyl (C=O) groups excluding carboxylic acids is 1. The van der Waals surface area contributed by atoms with Crippen molar-refractivity contribution in [3.63, 3.8) is 0 Å². The van der Waals surface area contributed by atoms with Crippen LogP contribution in [0.4, 0.5) is 31.0 Å². The van der Waals surface area contributed by atoms with Crippen molar-refractivity contribution in [2.75, 3.05) is 23.9 Å². The first-order chi connectivity index (χ1) is 14.2. The van der Waals surface area contributed by atoms with Gasteiger partial charge in [0.15, 0.2) is 23.2 Å². The first-order valence-electron chi connectivity index (χ1n) is 9.86. The van der Waals surface area contributed by atoms with Crippen LogP contribution in [0, 0.1) is 23.5 Å². The minimum absolute atomic E-state index is 0.0344. The molecule has 1 N–H and O–H groups in total. The second-order valence-corrected chi connectivity index (χ2v) is 7.95. The third kappa shape index (κ3) is 4.44. The van der Waals surface area contributed by atoms with Crippen LogP contribution in [0.5, 0.6) is 5.75 Å². The molecule has 0 saturated heterocycles. The van der Waals surface area contributed by atoms with E-state index in [1.165, 1.54) is 12.0 Å². The van der Waals surface area contributed by atoms with E-state index in [0.717, 1.165) is 18.6 Å². The second-order valence-electron chi connectivity index (χ2n) is 7.95. The molecule has 2 heterocycles. The molecule has 1 aliphatic rings. The monoisotopic (exact) mass is 420 g/mol. The zero-order valence-corrected chi connectivity index (χ0v) is 17.7. The van der Waals surface area contributed by atoms with Crippen molar-refractivity contribution in [1.29, 1.82) is 0 Å². The van der Waals surface area contributed by atoms with E-state index in [0.29, 0.717) is 23.8 Å². The van der Waals surface area contributed by atoms with E-state index in [2.05, 4.69) is 29.1 Å². The van der Waals surface area contributed by atoms with Crippen molar-refractivity contribution in [1.82, 2.24) is 9.97 Å². The van der Waals surface area contributed by atoms with Crippen LogP contribution in [0.2, 0.25) is 0 Å². The fraction of sp³-hybridized carbons (Fsp3) is 0.476. The van der Waals surface area contributed by atoms with Gasteiger partial charge in [-0.2, -0.15) is 4.98 Å². The molecule has 0 radical (unpaired) electrons. The maximum atomic E-state index is 14.0. The average Bonchev–Trinajstić information content (AvgIpc) is 2.66. The third-order valence-electron chi connectivity index (χ3n) is 4.80. The number of nitrogens with zero attached hydrogens (tertiary/aromatic N) is 3. The maximum Gasteiger partial charge on any atom is 0.416 e. The van der Waals surface area contributed by atoms with Crippen molar-refractivity contribution in [3.8, 4) is 5.75 Å².